The molecule has 0 heterocycles. The van der Waals surface area contributed by atoms with Gasteiger partial charge in [0.2, 0.25) is 0 Å². The van der Waals surface area contributed by atoms with Crippen LogP contribution in [0.3, 0.4) is 0 Å². The zero-order chi connectivity index (χ0) is 12.8. The second kappa shape index (κ2) is 6.02. The Morgan fingerprint density at radius 1 is 1.59 bits per heavy atom. The van der Waals surface area contributed by atoms with Crippen molar-refractivity contribution in [1.82, 2.24) is 5.32 Å². The van der Waals surface area contributed by atoms with Crippen molar-refractivity contribution in [1.29, 1.82) is 0 Å². The molecular formula is C13H16N2O2. The molecule has 0 aliphatic rings. The number of hydrogen-bond acceptors (Lipinski definition) is 3. The smallest absolute Gasteiger partial charge is 0.272 e. The molecule has 0 bridgehead atoms. The fourth-order valence-electron chi connectivity index (χ4n) is 1.61. The lowest BCUT2D eigenvalue weighted by Gasteiger charge is -2.12. The summed E-state index contributed by atoms with van der Waals surface area (Å²) in [7, 11) is 0. The molecule has 0 amide bonds. The highest BCUT2D eigenvalue weighted by Gasteiger charge is 2.13. The Bertz CT molecular complexity index is 449. The highest BCUT2D eigenvalue weighted by Crippen LogP contribution is 2.20. The standard InChI is InChI=1S/C13H16N2O2/c1-4-12(5-2)14-9-11-7-6-8-13(10(11)3)15(16)17/h1,6-8,12,14H,5,9H2,2-3H3. The van der Waals surface area contributed by atoms with Crippen LogP contribution in [-0.2, 0) is 6.54 Å². The molecule has 0 saturated heterocycles. The molecule has 1 aromatic rings. The van der Waals surface area contributed by atoms with Crippen LogP contribution >= 0.6 is 0 Å². The molecule has 0 aromatic heterocycles. The SMILES string of the molecule is C#CC(CC)NCc1cccc([N+](=O)[O-])c1C. The fourth-order valence-corrected chi connectivity index (χ4v) is 1.61. The first-order valence-corrected chi connectivity index (χ1v) is 5.52. The minimum Gasteiger partial charge on any atom is -0.300 e. The summed E-state index contributed by atoms with van der Waals surface area (Å²) >= 11 is 0. The second-order valence-corrected chi connectivity index (χ2v) is 3.83. The molecular weight excluding hydrogens is 216 g/mol. The summed E-state index contributed by atoms with van der Waals surface area (Å²) in [6, 6.07) is 5.09. The van der Waals surface area contributed by atoms with Crippen molar-refractivity contribution in [2.24, 2.45) is 0 Å². The molecule has 0 radical (unpaired) electrons. The third kappa shape index (κ3) is 3.30. The van der Waals surface area contributed by atoms with E-state index in [4.69, 9.17) is 6.42 Å². The van der Waals surface area contributed by atoms with Gasteiger partial charge in [-0.05, 0) is 18.9 Å². The molecule has 1 atom stereocenters. The van der Waals surface area contributed by atoms with Gasteiger partial charge in [0.05, 0.1) is 11.0 Å². The summed E-state index contributed by atoms with van der Waals surface area (Å²) in [5.41, 5.74) is 1.75. The summed E-state index contributed by atoms with van der Waals surface area (Å²) in [5, 5.41) is 14.0. The molecule has 1 rings (SSSR count). The summed E-state index contributed by atoms with van der Waals surface area (Å²) in [6.07, 6.45) is 6.18. The van der Waals surface area contributed by atoms with Crippen molar-refractivity contribution in [2.45, 2.75) is 32.9 Å². The Hall–Kier alpha value is -1.86. The lowest BCUT2D eigenvalue weighted by Crippen LogP contribution is -2.26. The lowest BCUT2D eigenvalue weighted by atomic mass is 10.1. The van der Waals surface area contributed by atoms with Crippen molar-refractivity contribution in [3.05, 3.63) is 39.4 Å². The number of nitro benzene ring substituents is 1. The Labute approximate surface area is 101 Å². The van der Waals surface area contributed by atoms with Crippen molar-refractivity contribution in [3.63, 3.8) is 0 Å². The van der Waals surface area contributed by atoms with E-state index in [-0.39, 0.29) is 16.7 Å². The fraction of sp³-hybridized carbons (Fsp3) is 0.385. The first kappa shape index (κ1) is 13.2. The van der Waals surface area contributed by atoms with E-state index in [1.807, 2.05) is 13.0 Å². The quantitative estimate of drug-likeness (QED) is 0.482. The molecule has 0 aliphatic carbocycles. The van der Waals surface area contributed by atoms with Gasteiger partial charge in [-0.2, -0.15) is 0 Å². The van der Waals surface area contributed by atoms with E-state index in [1.54, 1.807) is 13.0 Å². The Morgan fingerprint density at radius 2 is 2.29 bits per heavy atom. The van der Waals surface area contributed by atoms with Gasteiger partial charge in [-0.25, -0.2) is 0 Å². The van der Waals surface area contributed by atoms with Gasteiger partial charge in [0.1, 0.15) is 0 Å². The van der Waals surface area contributed by atoms with Crippen LogP contribution in [-0.4, -0.2) is 11.0 Å². The van der Waals surface area contributed by atoms with E-state index >= 15 is 0 Å². The maximum atomic E-state index is 10.8. The van der Waals surface area contributed by atoms with Gasteiger partial charge in [-0.3, -0.25) is 15.4 Å². The molecule has 4 nitrogen and oxygen atoms in total. The zero-order valence-corrected chi connectivity index (χ0v) is 10.1. The van der Waals surface area contributed by atoms with Crippen molar-refractivity contribution in [3.8, 4) is 12.3 Å². The van der Waals surface area contributed by atoms with Crippen molar-refractivity contribution >= 4 is 5.69 Å². The number of nitro groups is 1. The number of benzene rings is 1. The molecule has 17 heavy (non-hydrogen) atoms. The largest absolute Gasteiger partial charge is 0.300 e. The molecule has 0 saturated carbocycles. The highest BCUT2D eigenvalue weighted by atomic mass is 16.6. The van der Waals surface area contributed by atoms with Gasteiger partial charge >= 0.3 is 0 Å². The van der Waals surface area contributed by atoms with E-state index < -0.39 is 0 Å². The van der Waals surface area contributed by atoms with Gasteiger partial charge in [0.15, 0.2) is 0 Å². The molecule has 1 N–H and O–H groups in total. The van der Waals surface area contributed by atoms with Crippen molar-refractivity contribution in [2.75, 3.05) is 0 Å². The number of hydrogen-bond donors (Lipinski definition) is 1. The number of nitrogens with one attached hydrogen (secondary N) is 1. The van der Waals surface area contributed by atoms with Crippen LogP contribution in [0.4, 0.5) is 5.69 Å². The molecule has 4 heteroatoms. The van der Waals surface area contributed by atoms with Gasteiger partial charge in [0, 0.05) is 18.2 Å². The summed E-state index contributed by atoms with van der Waals surface area (Å²) < 4.78 is 0. The van der Waals surface area contributed by atoms with Crippen LogP contribution < -0.4 is 5.32 Å². The van der Waals surface area contributed by atoms with Crippen LogP contribution in [0.25, 0.3) is 0 Å². The Morgan fingerprint density at radius 3 is 2.82 bits per heavy atom. The molecule has 90 valence electrons. The van der Waals surface area contributed by atoms with Crippen molar-refractivity contribution < 1.29 is 4.92 Å². The monoisotopic (exact) mass is 232 g/mol. The predicted octanol–water partition coefficient (Wildman–Crippen LogP) is 2.40. The zero-order valence-electron chi connectivity index (χ0n) is 10.1. The highest BCUT2D eigenvalue weighted by molar-refractivity contribution is 5.44. The van der Waals surface area contributed by atoms with Gasteiger partial charge in [-0.15, -0.1) is 6.42 Å². The minimum absolute atomic E-state index is 0.00802. The predicted molar refractivity (Wildman–Crippen MR) is 67.6 cm³/mol. The number of rotatable bonds is 5. The average molecular weight is 232 g/mol. The van der Waals surface area contributed by atoms with Crippen LogP contribution in [0.5, 0.6) is 0 Å². The van der Waals surface area contributed by atoms with Crippen LogP contribution in [0.15, 0.2) is 18.2 Å². The second-order valence-electron chi connectivity index (χ2n) is 3.83. The van der Waals surface area contributed by atoms with E-state index in [0.29, 0.717) is 12.1 Å². The van der Waals surface area contributed by atoms with E-state index in [2.05, 4.69) is 11.2 Å². The van der Waals surface area contributed by atoms with Crippen LogP contribution in [0.2, 0.25) is 0 Å². The van der Waals surface area contributed by atoms with Crippen LogP contribution in [0, 0.1) is 29.4 Å². The first-order chi connectivity index (χ1) is 8.10. The molecule has 1 aromatic carbocycles. The van der Waals surface area contributed by atoms with Gasteiger partial charge in [-0.1, -0.05) is 25.0 Å². The third-order valence-corrected chi connectivity index (χ3v) is 2.76. The topological polar surface area (TPSA) is 55.2 Å². The van der Waals surface area contributed by atoms with E-state index in [1.165, 1.54) is 6.07 Å². The first-order valence-electron chi connectivity index (χ1n) is 5.52. The Balaban J connectivity index is 2.82. The molecule has 1 unspecified atom stereocenters. The van der Waals surface area contributed by atoms with E-state index in [9.17, 15) is 10.1 Å². The number of terminal acetylenes is 1. The molecule has 0 aliphatic heterocycles. The maximum absolute atomic E-state index is 10.8. The maximum Gasteiger partial charge on any atom is 0.272 e. The van der Waals surface area contributed by atoms with Crippen LogP contribution in [0.1, 0.15) is 24.5 Å². The summed E-state index contributed by atoms with van der Waals surface area (Å²) in [4.78, 5) is 10.4. The van der Waals surface area contributed by atoms with E-state index in [0.717, 1.165) is 12.0 Å². The van der Waals surface area contributed by atoms with Gasteiger partial charge in [0.25, 0.3) is 5.69 Å². The summed E-state index contributed by atoms with van der Waals surface area (Å²) in [5.74, 6) is 2.63. The Kier molecular flexibility index (Phi) is 4.68. The summed E-state index contributed by atoms with van der Waals surface area (Å²) in [6.45, 7) is 4.31. The van der Waals surface area contributed by atoms with Gasteiger partial charge < -0.3 is 0 Å². The lowest BCUT2D eigenvalue weighted by molar-refractivity contribution is -0.385. The number of nitrogens with zero attached hydrogens (tertiary/aromatic N) is 1. The minimum atomic E-state index is -0.364. The molecule has 0 fully saturated rings. The molecule has 0 spiro atoms. The average Bonchev–Trinajstić information content (AvgIpc) is 2.32. The third-order valence-electron chi connectivity index (χ3n) is 2.76. The normalized spacial score (nSPS) is 11.8.